The Morgan fingerprint density at radius 2 is 1.82 bits per heavy atom. The number of carbonyl (C=O) groups excluding carboxylic acids is 1. The van der Waals surface area contributed by atoms with Crippen LogP contribution in [0.5, 0.6) is 0 Å². The molecule has 1 aromatic heterocycles. The highest BCUT2D eigenvalue weighted by Gasteiger charge is 2.32. The van der Waals surface area contributed by atoms with E-state index in [1.54, 1.807) is 0 Å². The fraction of sp³-hybridized carbons (Fsp3) is 0.375. The molecular formula is C32H41N7O. The summed E-state index contributed by atoms with van der Waals surface area (Å²) in [6, 6.07) is 22.5. The maximum Gasteiger partial charge on any atom is 0.240 e. The lowest BCUT2D eigenvalue weighted by atomic mass is 9.99. The average molecular weight is 540 g/mol. The molecule has 3 aromatic carbocycles. The van der Waals surface area contributed by atoms with Gasteiger partial charge >= 0.3 is 0 Å². The Morgan fingerprint density at radius 1 is 1.05 bits per heavy atom. The Balaban J connectivity index is 1.25. The van der Waals surface area contributed by atoms with Crippen molar-refractivity contribution in [1.82, 2.24) is 14.8 Å². The number of aliphatic imine (C=N–C) groups is 1. The van der Waals surface area contributed by atoms with Gasteiger partial charge in [-0.1, -0.05) is 60.7 Å². The zero-order valence-corrected chi connectivity index (χ0v) is 23.4. The van der Waals surface area contributed by atoms with E-state index in [-0.39, 0.29) is 17.9 Å². The van der Waals surface area contributed by atoms with Crippen molar-refractivity contribution in [2.45, 2.75) is 44.7 Å². The van der Waals surface area contributed by atoms with Crippen molar-refractivity contribution in [3.63, 3.8) is 0 Å². The highest BCUT2D eigenvalue weighted by molar-refractivity contribution is 5.85. The molecule has 1 aliphatic heterocycles. The predicted molar refractivity (Wildman–Crippen MR) is 164 cm³/mol. The van der Waals surface area contributed by atoms with Crippen molar-refractivity contribution < 1.29 is 4.79 Å². The molecule has 0 spiro atoms. The summed E-state index contributed by atoms with van der Waals surface area (Å²) >= 11 is 0. The summed E-state index contributed by atoms with van der Waals surface area (Å²) in [6.07, 6.45) is 3.12. The monoisotopic (exact) mass is 539 g/mol. The van der Waals surface area contributed by atoms with E-state index in [2.05, 4.69) is 76.4 Å². The molecule has 0 bridgehead atoms. The number of H-pyrrole nitrogens is 1. The van der Waals surface area contributed by atoms with Crippen LogP contribution in [0.2, 0.25) is 0 Å². The van der Waals surface area contributed by atoms with Crippen LogP contribution in [0.25, 0.3) is 21.7 Å². The van der Waals surface area contributed by atoms with Gasteiger partial charge in [-0.25, -0.2) is 0 Å². The summed E-state index contributed by atoms with van der Waals surface area (Å²) in [5.41, 5.74) is 22.5. The van der Waals surface area contributed by atoms with E-state index >= 15 is 0 Å². The molecule has 1 amide bonds. The van der Waals surface area contributed by atoms with Crippen molar-refractivity contribution in [3.05, 3.63) is 83.6 Å². The Kier molecular flexibility index (Phi) is 8.67. The number of benzene rings is 3. The number of nitrogens with one attached hydrogen (secondary N) is 1. The zero-order valence-electron chi connectivity index (χ0n) is 23.4. The van der Waals surface area contributed by atoms with Gasteiger partial charge in [-0.2, -0.15) is 0 Å². The number of para-hydroxylation sites is 1. The number of rotatable bonds is 10. The van der Waals surface area contributed by atoms with Crippen LogP contribution in [0.15, 0.2) is 71.7 Å². The van der Waals surface area contributed by atoms with Gasteiger partial charge in [-0.05, 0) is 60.6 Å². The van der Waals surface area contributed by atoms with Crippen molar-refractivity contribution in [2.75, 3.05) is 32.7 Å². The smallest absolute Gasteiger partial charge is 0.240 e. The number of hydrogen-bond acceptors (Lipinski definition) is 4. The van der Waals surface area contributed by atoms with E-state index < -0.39 is 6.04 Å². The SMILES string of the molecule is Cc1[nH]c2ccccc2c1CCN1CCN(C(=O)[C@H](N)Cc2ccc3ccccc3c2)C(CCCN=C(N)N)C1. The first kappa shape index (κ1) is 27.7. The number of nitrogens with two attached hydrogens (primary N) is 3. The molecule has 0 aliphatic carbocycles. The van der Waals surface area contributed by atoms with E-state index in [0.29, 0.717) is 19.5 Å². The van der Waals surface area contributed by atoms with Crippen LogP contribution in [-0.4, -0.2) is 71.5 Å². The summed E-state index contributed by atoms with van der Waals surface area (Å²) in [6.45, 7) is 5.97. The minimum atomic E-state index is -0.582. The van der Waals surface area contributed by atoms with Gasteiger partial charge in [-0.3, -0.25) is 14.7 Å². The minimum absolute atomic E-state index is 0.0205. The highest BCUT2D eigenvalue weighted by Crippen LogP contribution is 2.24. The minimum Gasteiger partial charge on any atom is -0.370 e. The van der Waals surface area contributed by atoms with Crippen LogP contribution in [-0.2, 0) is 17.6 Å². The van der Waals surface area contributed by atoms with E-state index in [1.807, 2.05) is 17.0 Å². The van der Waals surface area contributed by atoms with Crippen LogP contribution >= 0.6 is 0 Å². The van der Waals surface area contributed by atoms with Gasteiger partial charge in [-0.15, -0.1) is 0 Å². The molecule has 210 valence electrons. The summed E-state index contributed by atoms with van der Waals surface area (Å²) in [4.78, 5) is 25.8. The molecule has 0 saturated carbocycles. The molecule has 1 unspecified atom stereocenters. The van der Waals surface area contributed by atoms with Crippen molar-refractivity contribution in [1.29, 1.82) is 0 Å². The number of aromatic nitrogens is 1. The third kappa shape index (κ3) is 6.46. The lowest BCUT2D eigenvalue weighted by molar-refractivity contribution is -0.137. The third-order valence-corrected chi connectivity index (χ3v) is 8.13. The van der Waals surface area contributed by atoms with Crippen molar-refractivity contribution in [3.8, 4) is 0 Å². The van der Waals surface area contributed by atoms with Gasteiger partial charge in [0.05, 0.1) is 6.04 Å². The molecule has 5 rings (SSSR count). The molecule has 1 saturated heterocycles. The number of aryl methyl sites for hydroxylation is 1. The number of carbonyl (C=O) groups is 1. The van der Waals surface area contributed by atoms with Crippen LogP contribution in [0.4, 0.5) is 0 Å². The number of nitrogens with zero attached hydrogens (tertiary/aromatic N) is 3. The number of amides is 1. The van der Waals surface area contributed by atoms with E-state index in [1.165, 1.54) is 27.5 Å². The lowest BCUT2D eigenvalue weighted by Crippen LogP contribution is -2.59. The summed E-state index contributed by atoms with van der Waals surface area (Å²) in [5.74, 6) is 0.122. The first-order chi connectivity index (χ1) is 19.4. The second kappa shape index (κ2) is 12.5. The van der Waals surface area contributed by atoms with Crippen LogP contribution in [0.3, 0.4) is 0 Å². The van der Waals surface area contributed by atoms with Crippen molar-refractivity contribution in [2.24, 2.45) is 22.2 Å². The van der Waals surface area contributed by atoms with E-state index in [9.17, 15) is 4.79 Å². The maximum atomic E-state index is 13.7. The quantitative estimate of drug-likeness (QED) is 0.140. The van der Waals surface area contributed by atoms with Crippen LogP contribution < -0.4 is 17.2 Å². The van der Waals surface area contributed by atoms with Gasteiger partial charge < -0.3 is 27.1 Å². The lowest BCUT2D eigenvalue weighted by Gasteiger charge is -2.42. The van der Waals surface area contributed by atoms with Crippen LogP contribution in [0, 0.1) is 6.92 Å². The highest BCUT2D eigenvalue weighted by atomic mass is 16.2. The number of fused-ring (bicyclic) bond motifs is 2. The first-order valence-electron chi connectivity index (χ1n) is 14.3. The summed E-state index contributed by atoms with van der Waals surface area (Å²) in [5, 5.41) is 3.64. The van der Waals surface area contributed by atoms with E-state index in [4.69, 9.17) is 17.2 Å². The third-order valence-electron chi connectivity index (χ3n) is 8.13. The average Bonchev–Trinajstić information content (AvgIpc) is 3.28. The van der Waals surface area contributed by atoms with Gasteiger partial charge in [0.25, 0.3) is 0 Å². The van der Waals surface area contributed by atoms with Gasteiger partial charge in [0, 0.05) is 55.4 Å². The Hall–Kier alpha value is -3.88. The molecule has 0 radical (unpaired) electrons. The van der Waals surface area contributed by atoms with Crippen molar-refractivity contribution >= 4 is 33.5 Å². The molecule has 1 aliphatic rings. The largest absolute Gasteiger partial charge is 0.370 e. The molecule has 2 atom stereocenters. The van der Waals surface area contributed by atoms with Crippen LogP contribution in [0.1, 0.15) is 29.7 Å². The molecule has 8 nitrogen and oxygen atoms in total. The van der Waals surface area contributed by atoms with E-state index in [0.717, 1.165) is 49.8 Å². The topological polar surface area (TPSA) is 130 Å². The van der Waals surface area contributed by atoms with Gasteiger partial charge in [0.15, 0.2) is 5.96 Å². The maximum absolute atomic E-state index is 13.7. The normalized spacial score (nSPS) is 16.9. The standard InChI is InChI=1S/C32H41N7O/c1-22-27(28-10-4-5-11-30(28)37-22)14-16-38-17-18-39(26(21-38)9-6-15-36-32(34)35)31(40)29(33)20-23-12-13-24-7-2-3-8-25(24)19-23/h2-5,7-8,10-13,19,26,29,37H,6,9,14-18,20-21,33H2,1H3,(H4,34,35,36)/t26?,29-/m1/s1. The molecule has 40 heavy (non-hydrogen) atoms. The molecule has 4 aromatic rings. The molecule has 1 fully saturated rings. The second-order valence-corrected chi connectivity index (χ2v) is 11.0. The molecule has 8 heteroatoms. The molecule has 2 heterocycles. The summed E-state index contributed by atoms with van der Waals surface area (Å²) < 4.78 is 0. The Bertz CT molecular complexity index is 1490. The first-order valence-corrected chi connectivity index (χ1v) is 14.3. The molecule has 7 N–H and O–H groups in total. The Morgan fingerprint density at radius 3 is 2.65 bits per heavy atom. The van der Waals surface area contributed by atoms with Gasteiger partial charge in [0.1, 0.15) is 0 Å². The Labute approximate surface area is 236 Å². The number of guanidine groups is 1. The molecular weight excluding hydrogens is 498 g/mol. The number of hydrogen-bond donors (Lipinski definition) is 4. The van der Waals surface area contributed by atoms with Gasteiger partial charge in [0.2, 0.25) is 5.91 Å². The summed E-state index contributed by atoms with van der Waals surface area (Å²) in [7, 11) is 0. The second-order valence-electron chi connectivity index (χ2n) is 11.0. The predicted octanol–water partition coefficient (Wildman–Crippen LogP) is 3.31. The fourth-order valence-electron chi connectivity index (χ4n) is 6.04. The number of piperazine rings is 1. The zero-order chi connectivity index (χ0) is 28.1. The fourth-order valence-corrected chi connectivity index (χ4v) is 6.04. The number of aromatic amines is 1.